The van der Waals surface area contributed by atoms with Crippen molar-refractivity contribution in [1.29, 1.82) is 0 Å². The Balaban J connectivity index is 1.83. The van der Waals surface area contributed by atoms with Crippen LogP contribution in [0, 0.1) is 5.92 Å². The molecular formula is C19H32N4. The minimum absolute atomic E-state index is 0.550. The van der Waals surface area contributed by atoms with Crippen LogP contribution in [0.2, 0.25) is 0 Å². The Kier molecular flexibility index (Phi) is 5.54. The average Bonchev–Trinajstić information content (AvgIpc) is 2.56. The first-order valence-electron chi connectivity index (χ1n) is 9.27. The molecule has 1 aromatic rings. The summed E-state index contributed by atoms with van der Waals surface area (Å²) in [5, 5.41) is 0. The van der Waals surface area contributed by atoms with Gasteiger partial charge in [-0.05, 0) is 38.4 Å². The van der Waals surface area contributed by atoms with Gasteiger partial charge >= 0.3 is 0 Å². The Morgan fingerprint density at radius 1 is 1.13 bits per heavy atom. The molecule has 1 unspecified atom stereocenters. The molecule has 0 N–H and O–H groups in total. The first-order valence-corrected chi connectivity index (χ1v) is 9.27. The molecular weight excluding hydrogens is 284 g/mol. The lowest BCUT2D eigenvalue weighted by Crippen LogP contribution is -2.45. The van der Waals surface area contributed by atoms with E-state index in [-0.39, 0.29) is 0 Å². The molecule has 1 aromatic heterocycles. The smallest absolute Gasteiger partial charge is 0.133 e. The van der Waals surface area contributed by atoms with Gasteiger partial charge in [0.2, 0.25) is 0 Å². The molecule has 0 saturated carbocycles. The number of hydrogen-bond donors (Lipinski definition) is 0. The third-order valence-corrected chi connectivity index (χ3v) is 5.19. The number of rotatable bonds is 4. The van der Waals surface area contributed by atoms with E-state index in [9.17, 15) is 0 Å². The number of hydrogen-bond acceptors (Lipinski definition) is 4. The molecule has 4 heteroatoms. The van der Waals surface area contributed by atoms with Crippen molar-refractivity contribution in [2.24, 2.45) is 5.92 Å². The maximum absolute atomic E-state index is 4.80. The van der Waals surface area contributed by atoms with Gasteiger partial charge in [-0.1, -0.05) is 26.3 Å². The topological polar surface area (TPSA) is 22.6 Å². The number of likely N-dealkylation sites (tertiary alicyclic amines) is 1. The molecule has 0 radical (unpaired) electrons. The lowest BCUT2D eigenvalue weighted by molar-refractivity contribution is 0.132. The molecule has 1 atom stereocenters. The summed E-state index contributed by atoms with van der Waals surface area (Å²) in [6.45, 7) is 11.6. The first kappa shape index (κ1) is 16.7. The fraction of sp³-hybridized carbons (Fsp3) is 0.737. The maximum Gasteiger partial charge on any atom is 0.133 e. The van der Waals surface area contributed by atoms with Gasteiger partial charge in [0.05, 0.1) is 0 Å². The Morgan fingerprint density at radius 3 is 2.65 bits per heavy atom. The third-order valence-electron chi connectivity index (χ3n) is 5.19. The monoisotopic (exact) mass is 316 g/mol. The molecule has 0 bridgehead atoms. The highest BCUT2D eigenvalue weighted by atomic mass is 15.3. The van der Waals surface area contributed by atoms with Gasteiger partial charge in [-0.25, -0.2) is 4.98 Å². The third kappa shape index (κ3) is 4.04. The quantitative estimate of drug-likeness (QED) is 0.851. The number of piperazine rings is 1. The molecule has 3 rings (SSSR count). The summed E-state index contributed by atoms with van der Waals surface area (Å²) in [4.78, 5) is 12.4. The highest BCUT2D eigenvalue weighted by Crippen LogP contribution is 2.36. The Hall–Kier alpha value is -1.13. The van der Waals surface area contributed by atoms with Crippen molar-refractivity contribution in [2.45, 2.75) is 39.2 Å². The van der Waals surface area contributed by atoms with E-state index in [2.05, 4.69) is 47.7 Å². The molecule has 2 aliphatic heterocycles. The van der Waals surface area contributed by atoms with Crippen LogP contribution in [-0.4, -0.2) is 61.1 Å². The number of likely N-dealkylation sites (N-methyl/N-ethyl adjacent to an activating group) is 1. The van der Waals surface area contributed by atoms with Crippen molar-refractivity contribution in [3.63, 3.8) is 0 Å². The molecule has 0 aromatic carbocycles. The zero-order valence-corrected chi connectivity index (χ0v) is 15.0. The van der Waals surface area contributed by atoms with Gasteiger partial charge in [0.25, 0.3) is 0 Å². The standard InChI is InChI=1S/C19H32N4/c1-16(2)15-23-10-5-4-8-18(23)17-7-6-9-20-19(17)22-13-11-21(3)12-14-22/h6-7,9,16,18H,4-5,8,10-15H2,1-3H3. The SMILES string of the molecule is CC(C)CN1CCCCC1c1cccnc1N1CCN(C)CC1. The van der Waals surface area contributed by atoms with Gasteiger partial charge in [-0.3, -0.25) is 4.90 Å². The molecule has 2 saturated heterocycles. The zero-order chi connectivity index (χ0) is 16.2. The summed E-state index contributed by atoms with van der Waals surface area (Å²) in [7, 11) is 2.21. The molecule has 3 heterocycles. The van der Waals surface area contributed by atoms with Crippen LogP contribution in [0.25, 0.3) is 0 Å². The predicted molar refractivity (Wildman–Crippen MR) is 97.0 cm³/mol. The molecule has 23 heavy (non-hydrogen) atoms. The first-order chi connectivity index (χ1) is 11.1. The van der Waals surface area contributed by atoms with E-state index in [1.165, 1.54) is 43.7 Å². The molecule has 0 aliphatic carbocycles. The van der Waals surface area contributed by atoms with Crippen molar-refractivity contribution in [1.82, 2.24) is 14.8 Å². The summed E-state index contributed by atoms with van der Waals surface area (Å²) in [6, 6.07) is 5.00. The van der Waals surface area contributed by atoms with E-state index < -0.39 is 0 Å². The minimum Gasteiger partial charge on any atom is -0.354 e. The van der Waals surface area contributed by atoms with Gasteiger partial charge in [-0.2, -0.15) is 0 Å². The van der Waals surface area contributed by atoms with Crippen LogP contribution in [0.4, 0.5) is 5.82 Å². The van der Waals surface area contributed by atoms with E-state index in [0.29, 0.717) is 6.04 Å². The van der Waals surface area contributed by atoms with Crippen LogP contribution in [0.1, 0.15) is 44.7 Å². The summed E-state index contributed by atoms with van der Waals surface area (Å²) < 4.78 is 0. The predicted octanol–water partition coefficient (Wildman–Crippen LogP) is 3.02. The summed E-state index contributed by atoms with van der Waals surface area (Å²) in [5.41, 5.74) is 1.46. The van der Waals surface area contributed by atoms with E-state index in [4.69, 9.17) is 4.98 Å². The molecule has 4 nitrogen and oxygen atoms in total. The van der Waals surface area contributed by atoms with Gasteiger partial charge in [0.1, 0.15) is 5.82 Å². The number of anilines is 1. The van der Waals surface area contributed by atoms with Crippen molar-refractivity contribution in [3.8, 4) is 0 Å². The number of aromatic nitrogens is 1. The van der Waals surface area contributed by atoms with Crippen LogP contribution >= 0.6 is 0 Å². The number of pyridine rings is 1. The lowest BCUT2D eigenvalue weighted by Gasteiger charge is -2.40. The van der Waals surface area contributed by atoms with Crippen LogP contribution < -0.4 is 4.90 Å². The van der Waals surface area contributed by atoms with Gasteiger partial charge in [-0.15, -0.1) is 0 Å². The van der Waals surface area contributed by atoms with E-state index in [1.54, 1.807) is 0 Å². The molecule has 2 fully saturated rings. The number of nitrogens with zero attached hydrogens (tertiary/aromatic N) is 4. The summed E-state index contributed by atoms with van der Waals surface area (Å²) in [5.74, 6) is 1.96. The molecule has 0 spiro atoms. The summed E-state index contributed by atoms with van der Waals surface area (Å²) in [6.07, 6.45) is 5.93. The van der Waals surface area contributed by atoms with Crippen LogP contribution in [-0.2, 0) is 0 Å². The van der Waals surface area contributed by atoms with Crippen LogP contribution in [0.15, 0.2) is 18.3 Å². The molecule has 128 valence electrons. The van der Waals surface area contributed by atoms with Crippen molar-refractivity contribution in [2.75, 3.05) is 51.2 Å². The van der Waals surface area contributed by atoms with Crippen molar-refractivity contribution >= 4 is 5.82 Å². The minimum atomic E-state index is 0.550. The fourth-order valence-corrected chi connectivity index (χ4v) is 3.98. The second-order valence-electron chi connectivity index (χ2n) is 7.61. The van der Waals surface area contributed by atoms with E-state index in [1.807, 2.05) is 6.20 Å². The Labute approximate surface area is 141 Å². The largest absolute Gasteiger partial charge is 0.354 e. The van der Waals surface area contributed by atoms with Gasteiger partial charge < -0.3 is 9.80 Å². The molecule has 0 amide bonds. The van der Waals surface area contributed by atoms with Crippen molar-refractivity contribution in [3.05, 3.63) is 23.9 Å². The number of piperidine rings is 1. The molecule has 2 aliphatic rings. The second kappa shape index (κ2) is 7.63. The van der Waals surface area contributed by atoms with Crippen molar-refractivity contribution < 1.29 is 0 Å². The van der Waals surface area contributed by atoms with Crippen LogP contribution in [0.3, 0.4) is 0 Å². The average molecular weight is 316 g/mol. The highest BCUT2D eigenvalue weighted by molar-refractivity contribution is 5.49. The van der Waals surface area contributed by atoms with E-state index in [0.717, 1.165) is 32.1 Å². The van der Waals surface area contributed by atoms with Gasteiger partial charge in [0, 0.05) is 50.5 Å². The van der Waals surface area contributed by atoms with Gasteiger partial charge in [0.15, 0.2) is 0 Å². The zero-order valence-electron chi connectivity index (χ0n) is 15.0. The highest BCUT2D eigenvalue weighted by Gasteiger charge is 2.28. The fourth-order valence-electron chi connectivity index (χ4n) is 3.98. The van der Waals surface area contributed by atoms with Crippen LogP contribution in [0.5, 0.6) is 0 Å². The second-order valence-corrected chi connectivity index (χ2v) is 7.61. The summed E-state index contributed by atoms with van der Waals surface area (Å²) >= 11 is 0. The van der Waals surface area contributed by atoms with E-state index >= 15 is 0 Å². The maximum atomic E-state index is 4.80. The Bertz CT molecular complexity index is 494. The lowest BCUT2D eigenvalue weighted by atomic mass is 9.94. The Morgan fingerprint density at radius 2 is 1.91 bits per heavy atom. The normalized spacial score (nSPS) is 24.3.